The molecule has 0 aromatic heterocycles. The third-order valence-electron chi connectivity index (χ3n) is 4.99. The Morgan fingerprint density at radius 2 is 1.58 bits per heavy atom. The molecule has 0 aliphatic carbocycles. The minimum absolute atomic E-state index is 0.0865. The Kier molecular flexibility index (Phi) is 7.54. The molecule has 31 heavy (non-hydrogen) atoms. The summed E-state index contributed by atoms with van der Waals surface area (Å²) in [7, 11) is 0. The molecule has 3 aromatic rings. The first-order chi connectivity index (χ1) is 15.2. The number of hydrogen-bond acceptors (Lipinski definition) is 4. The second-order valence-electron chi connectivity index (χ2n) is 7.25. The van der Waals surface area contributed by atoms with E-state index in [2.05, 4.69) is 17.4 Å². The molecule has 1 aliphatic heterocycles. The van der Waals surface area contributed by atoms with Crippen LogP contribution in [0.4, 0.5) is 4.39 Å². The van der Waals surface area contributed by atoms with Gasteiger partial charge in [0.25, 0.3) is 5.91 Å². The number of carbonyl (C=O) groups excluding carboxylic acids is 1. The predicted molar refractivity (Wildman–Crippen MR) is 127 cm³/mol. The SMILES string of the molecule is O=C(COc1ccc(C2SCCCS2)cc1)NC(c1ccccc1)c1ccc(F)cc1. The summed E-state index contributed by atoms with van der Waals surface area (Å²) in [5.41, 5.74) is 3.02. The van der Waals surface area contributed by atoms with E-state index in [1.54, 1.807) is 12.1 Å². The lowest BCUT2D eigenvalue weighted by Gasteiger charge is -2.21. The van der Waals surface area contributed by atoms with Gasteiger partial charge < -0.3 is 10.1 Å². The van der Waals surface area contributed by atoms with Crippen LogP contribution in [0.1, 0.15) is 33.7 Å². The summed E-state index contributed by atoms with van der Waals surface area (Å²) in [6.45, 7) is -0.0865. The Hall–Kier alpha value is -2.44. The highest BCUT2D eigenvalue weighted by Gasteiger charge is 2.18. The Morgan fingerprint density at radius 3 is 2.26 bits per heavy atom. The van der Waals surface area contributed by atoms with Gasteiger partial charge in [-0.3, -0.25) is 4.79 Å². The van der Waals surface area contributed by atoms with E-state index in [1.165, 1.54) is 35.6 Å². The summed E-state index contributed by atoms with van der Waals surface area (Å²) >= 11 is 3.96. The maximum atomic E-state index is 13.4. The molecule has 1 amide bonds. The molecule has 1 unspecified atom stereocenters. The van der Waals surface area contributed by atoms with Gasteiger partial charge >= 0.3 is 0 Å². The lowest BCUT2D eigenvalue weighted by atomic mass is 9.98. The molecule has 1 fully saturated rings. The minimum atomic E-state index is -0.374. The first kappa shape index (κ1) is 21.8. The Bertz CT molecular complexity index is 975. The van der Waals surface area contributed by atoms with E-state index in [0.29, 0.717) is 10.3 Å². The summed E-state index contributed by atoms with van der Waals surface area (Å²) in [5.74, 6) is 2.53. The van der Waals surface area contributed by atoms with Crippen LogP contribution in [0.2, 0.25) is 0 Å². The average molecular weight is 454 g/mol. The van der Waals surface area contributed by atoms with Gasteiger partial charge in [-0.2, -0.15) is 0 Å². The van der Waals surface area contributed by atoms with Gasteiger partial charge in [-0.25, -0.2) is 4.39 Å². The Morgan fingerprint density at radius 1 is 0.935 bits per heavy atom. The largest absolute Gasteiger partial charge is 0.484 e. The summed E-state index contributed by atoms with van der Waals surface area (Å²) in [6, 6.07) is 23.4. The van der Waals surface area contributed by atoms with Gasteiger partial charge in [0.15, 0.2) is 6.61 Å². The summed E-state index contributed by atoms with van der Waals surface area (Å²) < 4.78 is 19.6. The highest BCUT2D eigenvalue weighted by Crippen LogP contribution is 2.43. The van der Waals surface area contributed by atoms with E-state index in [-0.39, 0.29) is 24.4 Å². The van der Waals surface area contributed by atoms with Crippen LogP contribution in [0, 0.1) is 5.82 Å². The zero-order valence-electron chi connectivity index (χ0n) is 17.0. The van der Waals surface area contributed by atoms with Crippen LogP contribution in [-0.2, 0) is 4.79 Å². The first-order valence-corrected chi connectivity index (χ1v) is 12.3. The van der Waals surface area contributed by atoms with Crippen LogP contribution in [0.25, 0.3) is 0 Å². The van der Waals surface area contributed by atoms with Crippen molar-refractivity contribution < 1.29 is 13.9 Å². The number of carbonyl (C=O) groups is 1. The van der Waals surface area contributed by atoms with Gasteiger partial charge in [-0.15, -0.1) is 23.5 Å². The topological polar surface area (TPSA) is 38.3 Å². The van der Waals surface area contributed by atoms with E-state index in [4.69, 9.17) is 4.74 Å². The fourth-order valence-electron chi connectivity index (χ4n) is 3.41. The maximum Gasteiger partial charge on any atom is 0.258 e. The summed E-state index contributed by atoms with van der Waals surface area (Å²) in [4.78, 5) is 12.6. The zero-order valence-corrected chi connectivity index (χ0v) is 18.6. The van der Waals surface area contributed by atoms with E-state index < -0.39 is 0 Å². The van der Waals surface area contributed by atoms with Crippen LogP contribution in [0.5, 0.6) is 5.75 Å². The van der Waals surface area contributed by atoms with Gasteiger partial charge in [-0.1, -0.05) is 54.6 Å². The van der Waals surface area contributed by atoms with Crippen LogP contribution in [0.3, 0.4) is 0 Å². The van der Waals surface area contributed by atoms with E-state index >= 15 is 0 Å². The standard InChI is InChI=1S/C25H24FNO2S2/c26-21-11-7-19(8-12-21)24(18-5-2-1-3-6-18)27-23(28)17-29-22-13-9-20(10-14-22)25-30-15-4-16-31-25/h1-3,5-14,24-25H,4,15-17H2,(H,27,28). The number of amides is 1. The van der Waals surface area contributed by atoms with Crippen molar-refractivity contribution in [2.75, 3.05) is 18.1 Å². The predicted octanol–water partition coefficient (Wildman–Crippen LogP) is 5.98. The molecule has 0 radical (unpaired) electrons. The molecule has 1 N–H and O–H groups in total. The maximum absolute atomic E-state index is 13.4. The lowest BCUT2D eigenvalue weighted by molar-refractivity contribution is -0.123. The normalized spacial score (nSPS) is 15.3. The number of halogens is 1. The third-order valence-corrected chi connectivity index (χ3v) is 8.01. The molecule has 0 saturated carbocycles. The number of ether oxygens (including phenoxy) is 1. The fourth-order valence-corrected chi connectivity index (χ4v) is 6.31. The van der Waals surface area contributed by atoms with Gasteiger partial charge in [0.2, 0.25) is 0 Å². The smallest absolute Gasteiger partial charge is 0.258 e. The minimum Gasteiger partial charge on any atom is -0.484 e. The highest BCUT2D eigenvalue weighted by molar-refractivity contribution is 8.16. The van der Waals surface area contributed by atoms with Crippen molar-refractivity contribution in [3.63, 3.8) is 0 Å². The average Bonchev–Trinajstić information content (AvgIpc) is 2.83. The van der Waals surface area contributed by atoms with Crippen molar-refractivity contribution >= 4 is 29.4 Å². The van der Waals surface area contributed by atoms with Crippen LogP contribution in [0.15, 0.2) is 78.9 Å². The van der Waals surface area contributed by atoms with Crippen LogP contribution < -0.4 is 10.1 Å². The second kappa shape index (κ2) is 10.7. The van der Waals surface area contributed by atoms with Gasteiger partial charge in [0.05, 0.1) is 10.6 Å². The van der Waals surface area contributed by atoms with Crippen molar-refractivity contribution in [1.82, 2.24) is 5.32 Å². The van der Waals surface area contributed by atoms with Crippen LogP contribution in [-0.4, -0.2) is 24.0 Å². The van der Waals surface area contributed by atoms with E-state index in [0.717, 1.165) is 11.1 Å². The van der Waals surface area contributed by atoms with Gasteiger partial charge in [0.1, 0.15) is 11.6 Å². The Labute approximate surface area is 190 Å². The van der Waals surface area contributed by atoms with Crippen molar-refractivity contribution in [2.45, 2.75) is 17.0 Å². The molecule has 4 rings (SSSR count). The van der Waals surface area contributed by atoms with Gasteiger partial charge in [-0.05, 0) is 58.9 Å². The molecule has 6 heteroatoms. The second-order valence-corrected chi connectivity index (χ2v) is 9.97. The van der Waals surface area contributed by atoms with Crippen molar-refractivity contribution in [2.24, 2.45) is 0 Å². The van der Waals surface area contributed by atoms with E-state index in [1.807, 2.05) is 66.0 Å². The molecule has 1 saturated heterocycles. The van der Waals surface area contributed by atoms with Gasteiger partial charge in [0, 0.05) is 0 Å². The zero-order chi connectivity index (χ0) is 21.5. The number of rotatable bonds is 7. The molecule has 3 aromatic carbocycles. The molecular formula is C25H24FNO2S2. The molecule has 1 atom stereocenters. The molecule has 160 valence electrons. The first-order valence-electron chi connectivity index (χ1n) is 10.2. The van der Waals surface area contributed by atoms with Crippen molar-refractivity contribution in [3.8, 4) is 5.75 Å². The summed E-state index contributed by atoms with van der Waals surface area (Å²) in [6.07, 6.45) is 1.27. The highest BCUT2D eigenvalue weighted by atomic mass is 32.2. The van der Waals surface area contributed by atoms with Crippen molar-refractivity contribution in [1.29, 1.82) is 0 Å². The Balaban J connectivity index is 1.38. The fraction of sp³-hybridized carbons (Fsp3) is 0.240. The molecule has 1 heterocycles. The molecule has 0 bridgehead atoms. The molecular weight excluding hydrogens is 429 g/mol. The monoisotopic (exact) mass is 453 g/mol. The third kappa shape index (κ3) is 6.05. The van der Waals surface area contributed by atoms with Crippen LogP contribution >= 0.6 is 23.5 Å². The lowest BCUT2D eigenvalue weighted by Crippen LogP contribution is -2.33. The number of hydrogen-bond donors (Lipinski definition) is 1. The van der Waals surface area contributed by atoms with Crippen molar-refractivity contribution in [3.05, 3.63) is 101 Å². The quantitative estimate of drug-likeness (QED) is 0.478. The summed E-state index contributed by atoms with van der Waals surface area (Å²) in [5, 5.41) is 3.01. The number of nitrogens with one attached hydrogen (secondary N) is 1. The molecule has 3 nitrogen and oxygen atoms in total. The number of benzene rings is 3. The molecule has 1 aliphatic rings. The molecule has 0 spiro atoms. The number of thioether (sulfide) groups is 2. The van der Waals surface area contributed by atoms with E-state index in [9.17, 15) is 9.18 Å².